The van der Waals surface area contributed by atoms with Crippen LogP contribution in [0.4, 0.5) is 0 Å². The minimum atomic E-state index is 0.689. The summed E-state index contributed by atoms with van der Waals surface area (Å²) in [6.45, 7) is 9.61. The molecule has 84 valence electrons. The Morgan fingerprint density at radius 1 is 1.20 bits per heavy atom. The molecule has 4 fully saturated rings. The van der Waals surface area contributed by atoms with Gasteiger partial charge in [-0.2, -0.15) is 0 Å². The van der Waals surface area contributed by atoms with Crippen molar-refractivity contribution in [3.8, 4) is 0 Å². The van der Waals surface area contributed by atoms with E-state index in [9.17, 15) is 0 Å². The monoisotopic (exact) mass is 204 g/mol. The van der Waals surface area contributed by atoms with E-state index in [0.717, 1.165) is 23.2 Å². The van der Waals surface area contributed by atoms with Gasteiger partial charge < -0.3 is 0 Å². The zero-order valence-corrected chi connectivity index (χ0v) is 10.6. The largest absolute Gasteiger partial charge is 0.0859 e. The highest BCUT2D eigenvalue weighted by atomic mass is 14.8. The molecule has 15 heavy (non-hydrogen) atoms. The lowest BCUT2D eigenvalue weighted by atomic mass is 9.71. The van der Waals surface area contributed by atoms with Crippen molar-refractivity contribution in [1.29, 1.82) is 0 Å². The van der Waals surface area contributed by atoms with Crippen LogP contribution in [0.15, 0.2) is 11.6 Å². The lowest BCUT2D eigenvalue weighted by Gasteiger charge is -2.34. The zero-order chi connectivity index (χ0) is 10.8. The predicted molar refractivity (Wildman–Crippen MR) is 64.6 cm³/mol. The van der Waals surface area contributed by atoms with Gasteiger partial charge in [0.1, 0.15) is 0 Å². The molecule has 4 aliphatic carbocycles. The molecule has 5 atom stereocenters. The minimum Gasteiger partial charge on any atom is -0.0859 e. The number of rotatable bonds is 3. The highest BCUT2D eigenvalue weighted by Crippen LogP contribution is 2.86. The Hall–Kier alpha value is -0.260. The van der Waals surface area contributed by atoms with Crippen LogP contribution in [0.1, 0.15) is 53.4 Å². The first-order valence-corrected chi connectivity index (χ1v) is 6.63. The SMILES string of the molecule is CC(C)=CCC[C@]1(C)C2C[C@@H]3[C@H](C2)C31C. The molecule has 4 rings (SSSR count). The van der Waals surface area contributed by atoms with E-state index in [1.54, 1.807) is 12.8 Å². The molecule has 4 aliphatic rings. The van der Waals surface area contributed by atoms with Gasteiger partial charge in [-0.1, -0.05) is 25.5 Å². The summed E-state index contributed by atoms with van der Waals surface area (Å²) in [5, 5.41) is 0. The lowest BCUT2D eigenvalue weighted by molar-refractivity contribution is 0.155. The van der Waals surface area contributed by atoms with Gasteiger partial charge in [0, 0.05) is 0 Å². The maximum absolute atomic E-state index is 2.59. The third-order valence-corrected chi connectivity index (χ3v) is 6.34. The highest BCUT2D eigenvalue weighted by Gasteiger charge is 2.80. The Bertz CT molecular complexity index is 309. The summed E-state index contributed by atoms with van der Waals surface area (Å²) in [7, 11) is 0. The number of allylic oxidation sites excluding steroid dienone is 2. The van der Waals surface area contributed by atoms with E-state index in [2.05, 4.69) is 33.8 Å². The van der Waals surface area contributed by atoms with Crippen LogP contribution in [-0.2, 0) is 0 Å². The normalized spacial score (nSPS) is 54.5. The second kappa shape index (κ2) is 2.70. The van der Waals surface area contributed by atoms with E-state index >= 15 is 0 Å². The number of hydrogen-bond acceptors (Lipinski definition) is 0. The van der Waals surface area contributed by atoms with Gasteiger partial charge in [0.25, 0.3) is 0 Å². The zero-order valence-electron chi connectivity index (χ0n) is 10.6. The van der Waals surface area contributed by atoms with Gasteiger partial charge in [0.15, 0.2) is 0 Å². The average molecular weight is 204 g/mol. The van der Waals surface area contributed by atoms with Crippen molar-refractivity contribution < 1.29 is 0 Å². The molecule has 4 saturated carbocycles. The third-order valence-electron chi connectivity index (χ3n) is 6.34. The molecule has 0 aliphatic heterocycles. The Labute approximate surface area is 94.1 Å². The predicted octanol–water partition coefficient (Wildman–Crippen LogP) is 4.42. The Morgan fingerprint density at radius 2 is 1.80 bits per heavy atom. The molecule has 0 heterocycles. The maximum atomic E-state index is 2.59. The fraction of sp³-hybridized carbons (Fsp3) is 0.867. The van der Waals surface area contributed by atoms with Gasteiger partial charge in [0.05, 0.1) is 0 Å². The lowest BCUT2D eigenvalue weighted by Crippen LogP contribution is -2.26. The number of hydrogen-bond donors (Lipinski definition) is 0. The molecular formula is C15H24. The molecule has 0 spiro atoms. The van der Waals surface area contributed by atoms with Gasteiger partial charge in [-0.05, 0) is 68.1 Å². The summed E-state index contributed by atoms with van der Waals surface area (Å²) in [5.41, 5.74) is 2.93. The van der Waals surface area contributed by atoms with E-state index in [0.29, 0.717) is 5.41 Å². The van der Waals surface area contributed by atoms with Gasteiger partial charge in [-0.3, -0.25) is 0 Å². The van der Waals surface area contributed by atoms with Crippen LogP contribution in [0.3, 0.4) is 0 Å². The summed E-state index contributed by atoms with van der Waals surface area (Å²) in [4.78, 5) is 0. The van der Waals surface area contributed by atoms with Gasteiger partial charge in [-0.15, -0.1) is 0 Å². The topological polar surface area (TPSA) is 0 Å². The maximum Gasteiger partial charge on any atom is -0.0207 e. The van der Waals surface area contributed by atoms with Crippen molar-refractivity contribution in [3.05, 3.63) is 11.6 Å². The van der Waals surface area contributed by atoms with E-state index in [-0.39, 0.29) is 0 Å². The van der Waals surface area contributed by atoms with Crippen molar-refractivity contribution in [2.75, 3.05) is 0 Å². The van der Waals surface area contributed by atoms with E-state index in [1.165, 1.54) is 18.4 Å². The molecule has 0 N–H and O–H groups in total. The Balaban J connectivity index is 1.73. The summed E-state index contributed by atoms with van der Waals surface area (Å²) in [6.07, 6.45) is 8.30. The summed E-state index contributed by atoms with van der Waals surface area (Å²) in [5.74, 6) is 3.32. The second-order valence-corrected chi connectivity index (χ2v) is 6.90. The van der Waals surface area contributed by atoms with Crippen molar-refractivity contribution in [2.24, 2.45) is 28.6 Å². The van der Waals surface area contributed by atoms with Crippen molar-refractivity contribution in [3.63, 3.8) is 0 Å². The highest BCUT2D eigenvalue weighted by molar-refractivity contribution is 5.28. The molecule has 4 bridgehead atoms. The van der Waals surface area contributed by atoms with Crippen molar-refractivity contribution in [1.82, 2.24) is 0 Å². The van der Waals surface area contributed by atoms with Crippen LogP contribution < -0.4 is 0 Å². The fourth-order valence-corrected chi connectivity index (χ4v) is 5.17. The Morgan fingerprint density at radius 3 is 2.20 bits per heavy atom. The van der Waals surface area contributed by atoms with Crippen LogP contribution in [0, 0.1) is 28.6 Å². The molecule has 0 aromatic heterocycles. The quantitative estimate of drug-likeness (QED) is 0.597. The molecule has 0 nitrogen and oxygen atoms in total. The molecule has 0 aromatic carbocycles. The molecule has 0 radical (unpaired) electrons. The van der Waals surface area contributed by atoms with E-state index < -0.39 is 0 Å². The molecule has 2 unspecified atom stereocenters. The second-order valence-electron chi connectivity index (χ2n) is 6.90. The smallest absolute Gasteiger partial charge is 0.0207 e. The first-order valence-electron chi connectivity index (χ1n) is 6.63. The van der Waals surface area contributed by atoms with Crippen LogP contribution in [0.5, 0.6) is 0 Å². The van der Waals surface area contributed by atoms with E-state index in [4.69, 9.17) is 0 Å². The van der Waals surface area contributed by atoms with Crippen LogP contribution >= 0.6 is 0 Å². The molecule has 0 amide bonds. The molecule has 0 heteroatoms. The molecule has 0 aromatic rings. The van der Waals surface area contributed by atoms with Gasteiger partial charge in [0.2, 0.25) is 0 Å². The van der Waals surface area contributed by atoms with Crippen LogP contribution in [-0.4, -0.2) is 0 Å². The first-order chi connectivity index (χ1) is 7.00. The standard InChI is InChI=1S/C15H24/c1-10(2)6-5-7-14(3)11-8-12-13(9-11)15(12,14)4/h6,11-13H,5,7-9H2,1-4H3/t11?,12-,13+,14-,15?/m1/s1. The molecular weight excluding hydrogens is 180 g/mol. The summed E-state index contributed by atoms with van der Waals surface area (Å²) >= 11 is 0. The summed E-state index contributed by atoms with van der Waals surface area (Å²) in [6, 6.07) is 0. The minimum absolute atomic E-state index is 0.689. The molecule has 0 saturated heterocycles. The summed E-state index contributed by atoms with van der Waals surface area (Å²) < 4.78 is 0. The average Bonchev–Trinajstić information content (AvgIpc) is 2.53. The third kappa shape index (κ3) is 0.990. The van der Waals surface area contributed by atoms with E-state index in [1.807, 2.05) is 0 Å². The van der Waals surface area contributed by atoms with Gasteiger partial charge in [-0.25, -0.2) is 0 Å². The van der Waals surface area contributed by atoms with Gasteiger partial charge >= 0.3 is 0 Å². The fourth-order valence-electron chi connectivity index (χ4n) is 5.17. The van der Waals surface area contributed by atoms with Crippen molar-refractivity contribution >= 4 is 0 Å². The first kappa shape index (κ1) is 9.93. The Kier molecular flexibility index (Phi) is 1.79. The van der Waals surface area contributed by atoms with Crippen molar-refractivity contribution in [2.45, 2.75) is 53.4 Å². The van der Waals surface area contributed by atoms with Crippen LogP contribution in [0.2, 0.25) is 0 Å². The van der Waals surface area contributed by atoms with Crippen LogP contribution in [0.25, 0.3) is 0 Å².